The van der Waals surface area contributed by atoms with Crippen LogP contribution < -0.4 is 0 Å². The lowest BCUT2D eigenvalue weighted by molar-refractivity contribution is -0.332. The van der Waals surface area contributed by atoms with E-state index in [0.717, 1.165) is 44.9 Å². The fraction of sp³-hybridized carbons (Fsp3) is 0.957. The number of aliphatic hydroxyl groups excluding tert-OH is 11. The van der Waals surface area contributed by atoms with Crippen molar-refractivity contribution in [1.82, 2.24) is 0 Å². The van der Waals surface area contributed by atoms with E-state index in [2.05, 4.69) is 54.5 Å². The number of aliphatic hydroxyl groups is 11. The normalized spacial score (nSPS) is 51.8. The van der Waals surface area contributed by atoms with Crippen LogP contribution in [0.1, 0.15) is 106 Å². The van der Waals surface area contributed by atoms with Crippen LogP contribution in [-0.4, -0.2) is 181 Å². The van der Waals surface area contributed by atoms with Crippen molar-refractivity contribution in [2.45, 2.75) is 204 Å². The summed E-state index contributed by atoms with van der Waals surface area (Å²) < 4.78 is 35.7. The fourth-order valence-electron chi connectivity index (χ4n) is 14.5. The van der Waals surface area contributed by atoms with E-state index in [9.17, 15) is 56.2 Å². The zero-order valence-electron chi connectivity index (χ0n) is 38.8. The molecule has 3 heterocycles. The smallest absolute Gasteiger partial charge is 0.186 e. The van der Waals surface area contributed by atoms with Crippen molar-refractivity contribution in [3.05, 3.63) is 11.6 Å². The summed E-state index contributed by atoms with van der Waals surface area (Å²) in [5, 5.41) is 117. The van der Waals surface area contributed by atoms with Crippen molar-refractivity contribution in [2.75, 3.05) is 26.4 Å². The second kappa shape index (κ2) is 19.5. The maximum Gasteiger partial charge on any atom is 0.186 e. The Labute approximate surface area is 377 Å². The molecule has 4 saturated carbocycles. The molecule has 3 aliphatic heterocycles. The first kappa shape index (κ1) is 50.9. The van der Waals surface area contributed by atoms with E-state index in [0.29, 0.717) is 12.8 Å². The molecule has 370 valence electrons. The molecule has 17 heteroatoms. The van der Waals surface area contributed by atoms with Gasteiger partial charge in [-0.2, -0.15) is 0 Å². The van der Waals surface area contributed by atoms with Crippen LogP contribution in [0.25, 0.3) is 0 Å². The summed E-state index contributed by atoms with van der Waals surface area (Å²) in [6, 6.07) is 0. The van der Waals surface area contributed by atoms with Gasteiger partial charge in [0.25, 0.3) is 0 Å². The molecule has 0 amide bonds. The quantitative estimate of drug-likeness (QED) is 0.0835. The summed E-state index contributed by atoms with van der Waals surface area (Å²) in [6.45, 7) is 14.5. The van der Waals surface area contributed by atoms with Crippen LogP contribution in [0.2, 0.25) is 0 Å². The summed E-state index contributed by atoms with van der Waals surface area (Å²) in [4.78, 5) is 0. The van der Waals surface area contributed by atoms with Crippen LogP contribution >= 0.6 is 0 Å². The predicted octanol–water partition coefficient (Wildman–Crippen LogP) is 0.470. The minimum atomic E-state index is -1.63. The van der Waals surface area contributed by atoms with E-state index in [4.69, 9.17) is 28.4 Å². The van der Waals surface area contributed by atoms with Gasteiger partial charge >= 0.3 is 0 Å². The van der Waals surface area contributed by atoms with Gasteiger partial charge in [-0.3, -0.25) is 0 Å². The zero-order chi connectivity index (χ0) is 46.8. The molecule has 64 heavy (non-hydrogen) atoms. The van der Waals surface area contributed by atoms with Crippen LogP contribution in [0, 0.1) is 51.2 Å². The third-order valence-corrected chi connectivity index (χ3v) is 18.3. The molecule has 3 saturated heterocycles. The highest BCUT2D eigenvalue weighted by molar-refractivity contribution is 5.19. The van der Waals surface area contributed by atoms with E-state index >= 15 is 0 Å². The van der Waals surface area contributed by atoms with Crippen LogP contribution in [0.4, 0.5) is 0 Å². The molecular weight excluding hydrogens is 836 g/mol. The zero-order valence-corrected chi connectivity index (χ0v) is 38.8. The largest absolute Gasteiger partial charge is 0.394 e. The number of hydrogen-bond acceptors (Lipinski definition) is 17. The third-order valence-electron chi connectivity index (χ3n) is 18.3. The average molecular weight is 917 g/mol. The van der Waals surface area contributed by atoms with Crippen molar-refractivity contribution in [3.8, 4) is 0 Å². The summed E-state index contributed by atoms with van der Waals surface area (Å²) in [6.07, 6.45) is -10.6. The van der Waals surface area contributed by atoms with Crippen LogP contribution in [-0.2, 0) is 28.4 Å². The van der Waals surface area contributed by atoms with Crippen molar-refractivity contribution in [1.29, 1.82) is 0 Å². The van der Waals surface area contributed by atoms with Crippen LogP contribution in [0.5, 0.6) is 0 Å². The Kier molecular flexibility index (Phi) is 15.5. The molecule has 7 aliphatic rings. The van der Waals surface area contributed by atoms with Crippen LogP contribution in [0.3, 0.4) is 0 Å². The first-order valence-electron chi connectivity index (χ1n) is 23.9. The summed E-state index contributed by atoms with van der Waals surface area (Å²) in [7, 11) is 0. The Morgan fingerprint density at radius 3 is 1.81 bits per heavy atom. The highest BCUT2D eigenvalue weighted by Crippen LogP contribution is 2.76. The molecule has 7 fully saturated rings. The van der Waals surface area contributed by atoms with Gasteiger partial charge in [0.1, 0.15) is 67.1 Å². The van der Waals surface area contributed by atoms with E-state index in [1.807, 2.05) is 0 Å². The van der Waals surface area contributed by atoms with Crippen molar-refractivity contribution in [3.63, 3.8) is 0 Å². The summed E-state index contributed by atoms with van der Waals surface area (Å²) in [5.74, 6) is 0.408. The van der Waals surface area contributed by atoms with Gasteiger partial charge in [0.05, 0.1) is 38.6 Å². The molecule has 17 nitrogen and oxygen atoms in total. The molecule has 0 radical (unpaired) electrons. The molecule has 11 N–H and O–H groups in total. The Hall–Kier alpha value is -0.940. The molecule has 0 bridgehead atoms. The van der Waals surface area contributed by atoms with Gasteiger partial charge in [0, 0.05) is 0 Å². The van der Waals surface area contributed by atoms with Gasteiger partial charge in [-0.15, -0.1) is 0 Å². The van der Waals surface area contributed by atoms with Gasteiger partial charge in [-0.05, 0) is 123 Å². The molecule has 0 aromatic carbocycles. The van der Waals surface area contributed by atoms with Gasteiger partial charge in [0.2, 0.25) is 0 Å². The molecule has 7 rings (SSSR count). The molecule has 0 unspecified atom stereocenters. The number of allylic oxidation sites excluding steroid dienone is 2. The maximum absolute atomic E-state index is 12.5. The second-order valence-corrected chi connectivity index (χ2v) is 22.2. The van der Waals surface area contributed by atoms with Gasteiger partial charge < -0.3 is 84.6 Å². The van der Waals surface area contributed by atoms with Crippen molar-refractivity contribution in [2.24, 2.45) is 51.2 Å². The predicted molar refractivity (Wildman–Crippen MR) is 228 cm³/mol. The summed E-state index contributed by atoms with van der Waals surface area (Å²) in [5.41, 5.74) is 0.343. The first-order chi connectivity index (χ1) is 30.0. The molecule has 0 spiro atoms. The lowest BCUT2D eigenvalue weighted by atomic mass is 9.35. The topological polar surface area (TPSA) is 278 Å². The number of ether oxygens (including phenoxy) is 6. The number of rotatable bonds is 14. The average Bonchev–Trinajstić information content (AvgIpc) is 3.76. The maximum atomic E-state index is 12.5. The van der Waals surface area contributed by atoms with Crippen LogP contribution in [0.15, 0.2) is 11.6 Å². The van der Waals surface area contributed by atoms with Gasteiger partial charge in [-0.25, -0.2) is 0 Å². The molecule has 0 aromatic heterocycles. The monoisotopic (exact) mass is 917 g/mol. The standard InChI is InChI=1S/C47H80O17/c1-22(2)9-8-10-23(20-59-42-39(57)37(55)35(53)28(63-42)21-60-41-38(56)34(52)27(19-49)61-41)24-11-15-47(7)32(24)25(50)17-30-45(5)14-13-31(44(3,4)29(45)12-16-46(30,47)6)64-43-40(58)36(54)33(51)26(18-48)62-43/h9,23-43,48-58H,8,10-21H2,1-7H3/t23-,24+,25+,26+,27-,28+,29-,30+,31-,32-,33+,34-,35+,36-,37-,38+,39+,40+,41+,42+,43-,45-,46+,47+/m0/s1. The molecule has 24 atom stereocenters. The Morgan fingerprint density at radius 1 is 0.625 bits per heavy atom. The molecule has 0 aromatic rings. The van der Waals surface area contributed by atoms with Gasteiger partial charge in [-0.1, -0.05) is 46.3 Å². The van der Waals surface area contributed by atoms with E-state index in [-0.39, 0.29) is 70.6 Å². The van der Waals surface area contributed by atoms with E-state index < -0.39 is 105 Å². The first-order valence-corrected chi connectivity index (χ1v) is 23.9. The van der Waals surface area contributed by atoms with Crippen molar-refractivity contribution >= 4 is 0 Å². The Bertz CT molecular complexity index is 1600. The summed E-state index contributed by atoms with van der Waals surface area (Å²) >= 11 is 0. The Morgan fingerprint density at radius 2 is 1.17 bits per heavy atom. The molecule has 4 aliphatic carbocycles. The Balaban J connectivity index is 1.06. The van der Waals surface area contributed by atoms with E-state index in [1.165, 1.54) is 5.57 Å². The van der Waals surface area contributed by atoms with E-state index in [1.54, 1.807) is 0 Å². The minimum absolute atomic E-state index is 0.0326. The van der Waals surface area contributed by atoms with Gasteiger partial charge in [0.15, 0.2) is 18.9 Å². The highest BCUT2D eigenvalue weighted by atomic mass is 16.7. The minimum Gasteiger partial charge on any atom is -0.394 e. The number of fused-ring (bicyclic) bond motifs is 5. The number of hydrogen-bond donors (Lipinski definition) is 11. The SMILES string of the molecule is CC(C)=CCC[C@@H](CO[C@@H]1O[C@H](CO[C@@H]2O[C@@H](CO)[C@H](O)[C@H]2O)[C@@H](O)[C@H](O)[C@H]1O)[C@H]1CC[C@]2(C)[C@@H]1[C@H](O)C[C@@H]1[C@@]3(C)CC[C@H](O[C@@H]4O[C@H](CO)[C@@H](O)[C@H](O)[C@H]4O)C(C)(C)[C@@H]3CC[C@]12C. The lowest BCUT2D eigenvalue weighted by Crippen LogP contribution is -2.67. The fourth-order valence-corrected chi connectivity index (χ4v) is 14.5. The third kappa shape index (κ3) is 8.82. The molecular formula is C47H80O17. The van der Waals surface area contributed by atoms with Crippen molar-refractivity contribution < 1.29 is 84.6 Å². The highest BCUT2D eigenvalue weighted by Gasteiger charge is 2.71. The second-order valence-electron chi connectivity index (χ2n) is 22.2. The lowest BCUT2D eigenvalue weighted by Gasteiger charge is -2.70.